The van der Waals surface area contributed by atoms with Crippen molar-refractivity contribution in [2.45, 2.75) is 25.8 Å². The van der Waals surface area contributed by atoms with Crippen LogP contribution in [-0.4, -0.2) is 29.1 Å². The number of nitrogens with one attached hydrogen (secondary N) is 1. The lowest BCUT2D eigenvalue weighted by Gasteiger charge is -2.01. The predicted molar refractivity (Wildman–Crippen MR) is 57.8 cm³/mol. The Morgan fingerprint density at radius 1 is 1.75 bits per heavy atom. The molecule has 1 aromatic rings. The summed E-state index contributed by atoms with van der Waals surface area (Å²) < 4.78 is 4.99. The molecule has 0 bridgehead atoms. The van der Waals surface area contributed by atoms with E-state index in [9.17, 15) is 4.79 Å². The third-order valence-electron chi connectivity index (χ3n) is 2.08. The highest BCUT2D eigenvalue weighted by atomic mass is 16.3. The Kier molecular flexibility index (Phi) is 4.94. The molecule has 1 atom stereocenters. The minimum Gasteiger partial charge on any atom is -0.446 e. The van der Waals surface area contributed by atoms with Gasteiger partial charge in [0.2, 0.25) is 5.89 Å². The molecule has 0 aliphatic rings. The molecule has 0 aliphatic heterocycles. The van der Waals surface area contributed by atoms with Gasteiger partial charge >= 0.3 is 0 Å². The average molecular weight is 227 g/mol. The van der Waals surface area contributed by atoms with Crippen molar-refractivity contribution in [2.75, 3.05) is 13.2 Å². The smallest absolute Gasteiger partial charge is 0.273 e. The van der Waals surface area contributed by atoms with Crippen molar-refractivity contribution in [3.8, 4) is 0 Å². The number of hydrogen-bond donors (Lipinski definition) is 3. The molecular weight excluding hydrogens is 210 g/mol. The van der Waals surface area contributed by atoms with Crippen molar-refractivity contribution in [1.82, 2.24) is 10.3 Å². The van der Waals surface area contributed by atoms with Gasteiger partial charge < -0.3 is 20.6 Å². The van der Waals surface area contributed by atoms with Crippen molar-refractivity contribution in [1.29, 1.82) is 0 Å². The molecule has 0 aromatic carbocycles. The molecule has 0 aliphatic carbocycles. The monoisotopic (exact) mass is 227 g/mol. The SMILES string of the molecule is CCCCNC(=O)c1coc(C(N)CO)n1. The highest BCUT2D eigenvalue weighted by Crippen LogP contribution is 2.09. The fraction of sp³-hybridized carbons (Fsp3) is 0.600. The second-order valence-corrected chi connectivity index (χ2v) is 3.47. The van der Waals surface area contributed by atoms with Crippen LogP contribution in [0.3, 0.4) is 0 Å². The number of nitrogens with zero attached hydrogens (tertiary/aromatic N) is 1. The summed E-state index contributed by atoms with van der Waals surface area (Å²) in [6.45, 7) is 2.39. The Bertz CT molecular complexity index is 338. The zero-order valence-electron chi connectivity index (χ0n) is 9.27. The maximum atomic E-state index is 11.5. The molecule has 1 aromatic heterocycles. The summed E-state index contributed by atoms with van der Waals surface area (Å²) in [5, 5.41) is 11.5. The number of carbonyl (C=O) groups is 1. The zero-order valence-corrected chi connectivity index (χ0v) is 9.27. The van der Waals surface area contributed by atoms with Gasteiger partial charge in [0.05, 0.1) is 6.61 Å². The van der Waals surface area contributed by atoms with Gasteiger partial charge in [-0.25, -0.2) is 4.98 Å². The van der Waals surface area contributed by atoms with E-state index in [0.29, 0.717) is 6.54 Å². The number of amides is 1. The molecule has 1 heterocycles. The highest BCUT2D eigenvalue weighted by molar-refractivity contribution is 5.91. The molecule has 16 heavy (non-hydrogen) atoms. The van der Waals surface area contributed by atoms with Crippen LogP contribution in [-0.2, 0) is 0 Å². The van der Waals surface area contributed by atoms with Crippen LogP contribution in [0.5, 0.6) is 0 Å². The van der Waals surface area contributed by atoms with Crippen LogP contribution in [0.1, 0.15) is 42.2 Å². The van der Waals surface area contributed by atoms with Gasteiger partial charge in [0, 0.05) is 6.54 Å². The number of aliphatic hydroxyl groups is 1. The van der Waals surface area contributed by atoms with E-state index in [0.717, 1.165) is 12.8 Å². The summed E-state index contributed by atoms with van der Waals surface area (Å²) in [6, 6.07) is -0.683. The maximum Gasteiger partial charge on any atom is 0.273 e. The lowest BCUT2D eigenvalue weighted by molar-refractivity contribution is 0.0948. The molecule has 1 rings (SSSR count). The minimum atomic E-state index is -0.683. The lowest BCUT2D eigenvalue weighted by atomic mass is 10.3. The number of unbranched alkanes of at least 4 members (excludes halogenated alkanes) is 1. The largest absolute Gasteiger partial charge is 0.446 e. The van der Waals surface area contributed by atoms with E-state index in [1.54, 1.807) is 0 Å². The van der Waals surface area contributed by atoms with E-state index < -0.39 is 6.04 Å². The van der Waals surface area contributed by atoms with Crippen LogP contribution in [0.15, 0.2) is 10.7 Å². The van der Waals surface area contributed by atoms with E-state index in [4.69, 9.17) is 15.3 Å². The van der Waals surface area contributed by atoms with Gasteiger partial charge in [-0.2, -0.15) is 0 Å². The maximum absolute atomic E-state index is 11.5. The molecule has 0 saturated carbocycles. The first-order valence-corrected chi connectivity index (χ1v) is 5.29. The van der Waals surface area contributed by atoms with Gasteiger partial charge in [-0.3, -0.25) is 4.79 Å². The van der Waals surface area contributed by atoms with Crippen LogP contribution in [0, 0.1) is 0 Å². The van der Waals surface area contributed by atoms with Gasteiger partial charge in [0.25, 0.3) is 5.91 Å². The number of aromatic nitrogens is 1. The first-order chi connectivity index (χ1) is 7.69. The molecule has 1 unspecified atom stereocenters. The molecule has 4 N–H and O–H groups in total. The quantitative estimate of drug-likeness (QED) is 0.602. The Morgan fingerprint density at radius 3 is 3.12 bits per heavy atom. The van der Waals surface area contributed by atoms with Crippen LogP contribution in [0.2, 0.25) is 0 Å². The zero-order chi connectivity index (χ0) is 12.0. The van der Waals surface area contributed by atoms with E-state index in [-0.39, 0.29) is 24.1 Å². The molecule has 0 radical (unpaired) electrons. The normalized spacial score (nSPS) is 12.4. The minimum absolute atomic E-state index is 0.170. The number of oxazole rings is 1. The van der Waals surface area contributed by atoms with E-state index >= 15 is 0 Å². The Morgan fingerprint density at radius 2 is 2.50 bits per heavy atom. The lowest BCUT2D eigenvalue weighted by Crippen LogP contribution is -2.25. The van der Waals surface area contributed by atoms with E-state index in [2.05, 4.69) is 10.3 Å². The van der Waals surface area contributed by atoms with Gasteiger partial charge in [-0.1, -0.05) is 13.3 Å². The number of nitrogens with two attached hydrogens (primary N) is 1. The van der Waals surface area contributed by atoms with E-state index in [1.807, 2.05) is 6.92 Å². The molecular formula is C10H17N3O3. The molecule has 0 saturated heterocycles. The number of carbonyl (C=O) groups excluding carboxylic acids is 1. The summed E-state index contributed by atoms with van der Waals surface area (Å²) in [4.78, 5) is 15.4. The third kappa shape index (κ3) is 3.32. The molecule has 6 heteroatoms. The summed E-state index contributed by atoms with van der Waals surface area (Å²) in [5.41, 5.74) is 5.68. The fourth-order valence-electron chi connectivity index (χ4n) is 1.11. The molecule has 90 valence electrons. The molecule has 0 fully saturated rings. The van der Waals surface area contributed by atoms with Gasteiger partial charge in [0.1, 0.15) is 12.3 Å². The Hall–Kier alpha value is -1.40. The predicted octanol–water partition coefficient (Wildman–Crippen LogP) is 0.197. The van der Waals surface area contributed by atoms with Crippen LogP contribution in [0.25, 0.3) is 0 Å². The van der Waals surface area contributed by atoms with Crippen molar-refractivity contribution < 1.29 is 14.3 Å². The number of hydrogen-bond acceptors (Lipinski definition) is 5. The van der Waals surface area contributed by atoms with Gasteiger partial charge in [0.15, 0.2) is 5.69 Å². The van der Waals surface area contributed by atoms with Crippen molar-refractivity contribution in [3.05, 3.63) is 17.8 Å². The van der Waals surface area contributed by atoms with Crippen LogP contribution >= 0.6 is 0 Å². The molecule has 1 amide bonds. The topological polar surface area (TPSA) is 101 Å². The van der Waals surface area contributed by atoms with Gasteiger partial charge in [-0.15, -0.1) is 0 Å². The second-order valence-electron chi connectivity index (χ2n) is 3.47. The highest BCUT2D eigenvalue weighted by Gasteiger charge is 2.15. The van der Waals surface area contributed by atoms with Crippen molar-refractivity contribution >= 4 is 5.91 Å². The summed E-state index contributed by atoms with van der Waals surface area (Å²) >= 11 is 0. The van der Waals surface area contributed by atoms with Crippen molar-refractivity contribution in [3.63, 3.8) is 0 Å². The van der Waals surface area contributed by atoms with Gasteiger partial charge in [-0.05, 0) is 6.42 Å². The molecule has 6 nitrogen and oxygen atoms in total. The Balaban J connectivity index is 2.53. The standard InChI is InChI=1S/C10H17N3O3/c1-2-3-4-12-9(15)8-6-16-10(13-8)7(11)5-14/h6-7,14H,2-5,11H2,1H3,(H,12,15). The summed E-state index contributed by atoms with van der Waals surface area (Å²) in [7, 11) is 0. The summed E-state index contributed by atoms with van der Waals surface area (Å²) in [6.07, 6.45) is 3.18. The van der Waals surface area contributed by atoms with Crippen LogP contribution in [0.4, 0.5) is 0 Å². The first-order valence-electron chi connectivity index (χ1n) is 5.29. The first kappa shape index (κ1) is 12.7. The number of rotatable bonds is 6. The van der Waals surface area contributed by atoms with Crippen molar-refractivity contribution in [2.24, 2.45) is 5.73 Å². The second kappa shape index (κ2) is 6.24. The number of aliphatic hydroxyl groups excluding tert-OH is 1. The summed E-state index contributed by atoms with van der Waals surface area (Å²) in [5.74, 6) is -0.114. The third-order valence-corrected chi connectivity index (χ3v) is 2.08. The van der Waals surface area contributed by atoms with E-state index in [1.165, 1.54) is 6.26 Å². The Labute approximate surface area is 93.8 Å². The fourth-order valence-corrected chi connectivity index (χ4v) is 1.11. The molecule has 0 spiro atoms. The average Bonchev–Trinajstić information content (AvgIpc) is 2.77. The van der Waals surface area contributed by atoms with Crippen LogP contribution < -0.4 is 11.1 Å².